The van der Waals surface area contributed by atoms with Crippen molar-refractivity contribution in [1.29, 1.82) is 0 Å². The topological polar surface area (TPSA) is 66.4 Å². The number of guanidine groups is 1. The Morgan fingerprint density at radius 2 is 2.29 bits per heavy atom. The Kier molecular flexibility index (Phi) is 8.18. The molecule has 1 aliphatic carbocycles. The van der Waals surface area contributed by atoms with E-state index in [-0.39, 0.29) is 0 Å². The van der Waals surface area contributed by atoms with Crippen molar-refractivity contribution in [3.05, 3.63) is 16.1 Å². The van der Waals surface area contributed by atoms with Crippen LogP contribution in [0.4, 0.5) is 0 Å². The Morgan fingerprint density at radius 3 is 2.96 bits per heavy atom. The van der Waals surface area contributed by atoms with Crippen molar-refractivity contribution < 1.29 is 4.21 Å². The normalized spacial score (nSPS) is 23.0. The summed E-state index contributed by atoms with van der Waals surface area (Å²) in [6.45, 7) is 4.97. The zero-order valence-corrected chi connectivity index (χ0v) is 16.6. The molecule has 1 aliphatic rings. The van der Waals surface area contributed by atoms with Crippen LogP contribution in [0.5, 0.6) is 0 Å². The summed E-state index contributed by atoms with van der Waals surface area (Å²) in [5.41, 5.74) is 1.15. The van der Waals surface area contributed by atoms with Crippen LogP contribution in [-0.2, 0) is 23.6 Å². The predicted octanol–water partition coefficient (Wildman–Crippen LogP) is 2.49. The molecule has 0 radical (unpaired) electrons. The number of hydrogen-bond acceptors (Lipinski definition) is 4. The molecule has 1 aromatic heterocycles. The molecule has 1 aromatic rings. The molecule has 0 aromatic carbocycles. The fourth-order valence-electron chi connectivity index (χ4n) is 3.07. The van der Waals surface area contributed by atoms with Crippen molar-refractivity contribution in [1.82, 2.24) is 15.6 Å². The summed E-state index contributed by atoms with van der Waals surface area (Å²) < 4.78 is 12.1. The van der Waals surface area contributed by atoms with Gasteiger partial charge in [0.15, 0.2) is 5.96 Å². The largest absolute Gasteiger partial charge is 0.356 e. The summed E-state index contributed by atoms with van der Waals surface area (Å²) in [6, 6.07) is 0.372. The Labute approximate surface area is 152 Å². The molecule has 0 bridgehead atoms. The van der Waals surface area contributed by atoms with Gasteiger partial charge in [0.25, 0.3) is 0 Å². The number of aryl methyl sites for hydroxylation is 1. The first kappa shape index (κ1) is 19.4. The summed E-state index contributed by atoms with van der Waals surface area (Å²) in [6.07, 6.45) is 6.25. The Hall–Kier alpha value is -0.950. The van der Waals surface area contributed by atoms with Crippen LogP contribution in [0.1, 0.15) is 50.2 Å². The summed E-state index contributed by atoms with van der Waals surface area (Å²) in [7, 11) is 1.12. The number of aliphatic imine (C=N–C) groups is 1. The predicted molar refractivity (Wildman–Crippen MR) is 104 cm³/mol. The molecule has 5 nitrogen and oxygen atoms in total. The SMILES string of the molecule is CCc1nc(CCNC(=NC)NC2CCCC(S(=O)CC)C2)cs1. The molecule has 0 aliphatic heterocycles. The van der Waals surface area contributed by atoms with Gasteiger partial charge in [-0.05, 0) is 25.7 Å². The third-order valence-corrected chi connectivity index (χ3v) is 7.20. The first-order valence-corrected chi connectivity index (χ1v) is 11.2. The molecule has 24 heavy (non-hydrogen) atoms. The van der Waals surface area contributed by atoms with Gasteiger partial charge >= 0.3 is 0 Å². The van der Waals surface area contributed by atoms with Gasteiger partial charge < -0.3 is 10.6 Å². The minimum atomic E-state index is -0.687. The lowest BCUT2D eigenvalue weighted by atomic mass is 9.95. The van der Waals surface area contributed by atoms with E-state index in [2.05, 4.69) is 32.9 Å². The number of thiazole rings is 1. The highest BCUT2D eigenvalue weighted by Crippen LogP contribution is 2.22. The van der Waals surface area contributed by atoms with Gasteiger partial charge in [0, 0.05) is 53.2 Å². The molecule has 1 heterocycles. The van der Waals surface area contributed by atoms with E-state index >= 15 is 0 Å². The van der Waals surface area contributed by atoms with Crippen molar-refractivity contribution >= 4 is 28.1 Å². The maximum Gasteiger partial charge on any atom is 0.191 e. The van der Waals surface area contributed by atoms with Crippen LogP contribution in [0.25, 0.3) is 0 Å². The number of rotatable bonds is 7. The minimum Gasteiger partial charge on any atom is -0.356 e. The van der Waals surface area contributed by atoms with Crippen LogP contribution in [0.15, 0.2) is 10.4 Å². The highest BCUT2D eigenvalue weighted by molar-refractivity contribution is 7.85. The standard InChI is InChI=1S/C17H30N4OS2/c1-4-16-20-14(12-23-16)9-10-19-17(18-3)21-13-7-6-8-15(11-13)24(22)5-2/h12-13,15H,4-11H2,1-3H3,(H2,18,19,21). The summed E-state index contributed by atoms with van der Waals surface area (Å²) in [5.74, 6) is 1.60. The molecule has 7 heteroatoms. The summed E-state index contributed by atoms with van der Waals surface area (Å²) >= 11 is 1.73. The van der Waals surface area contributed by atoms with Crippen LogP contribution in [0, 0.1) is 0 Å². The van der Waals surface area contributed by atoms with Gasteiger partial charge in [0.2, 0.25) is 0 Å². The zero-order valence-electron chi connectivity index (χ0n) is 15.0. The van der Waals surface area contributed by atoms with Gasteiger partial charge in [0.05, 0.1) is 10.7 Å². The van der Waals surface area contributed by atoms with Crippen LogP contribution in [0.3, 0.4) is 0 Å². The fraction of sp³-hybridized carbons (Fsp3) is 0.765. The van der Waals surface area contributed by atoms with Crippen LogP contribution < -0.4 is 10.6 Å². The van der Waals surface area contributed by atoms with E-state index in [4.69, 9.17) is 0 Å². The third-order valence-electron chi connectivity index (χ3n) is 4.42. The first-order chi connectivity index (χ1) is 11.7. The molecular formula is C17H30N4OS2. The molecule has 0 saturated heterocycles. The molecule has 1 saturated carbocycles. The van der Waals surface area contributed by atoms with E-state index in [9.17, 15) is 4.21 Å². The molecule has 2 rings (SSSR count). The smallest absolute Gasteiger partial charge is 0.191 e. The number of nitrogens with one attached hydrogen (secondary N) is 2. The van der Waals surface area contributed by atoms with Crippen molar-refractivity contribution in [2.75, 3.05) is 19.3 Å². The van der Waals surface area contributed by atoms with Crippen molar-refractivity contribution in [3.63, 3.8) is 0 Å². The second kappa shape index (κ2) is 10.1. The second-order valence-corrected chi connectivity index (χ2v) is 9.08. The average Bonchev–Trinajstić information content (AvgIpc) is 3.08. The highest BCUT2D eigenvalue weighted by atomic mass is 32.2. The molecule has 0 spiro atoms. The number of hydrogen-bond donors (Lipinski definition) is 2. The average molecular weight is 371 g/mol. The fourth-order valence-corrected chi connectivity index (χ4v) is 5.20. The molecule has 3 unspecified atom stereocenters. The van der Waals surface area contributed by atoms with E-state index in [1.807, 2.05) is 6.92 Å². The van der Waals surface area contributed by atoms with E-state index < -0.39 is 10.8 Å². The maximum absolute atomic E-state index is 12.1. The van der Waals surface area contributed by atoms with E-state index in [0.717, 1.165) is 62.5 Å². The summed E-state index contributed by atoms with van der Waals surface area (Å²) in [5, 5.41) is 10.6. The van der Waals surface area contributed by atoms with E-state index in [0.29, 0.717) is 11.3 Å². The van der Waals surface area contributed by atoms with Crippen LogP contribution in [0.2, 0.25) is 0 Å². The van der Waals surface area contributed by atoms with E-state index in [1.54, 1.807) is 18.4 Å². The van der Waals surface area contributed by atoms with Gasteiger partial charge in [-0.25, -0.2) is 4.98 Å². The Morgan fingerprint density at radius 1 is 1.46 bits per heavy atom. The Balaban J connectivity index is 1.76. The monoisotopic (exact) mass is 370 g/mol. The van der Waals surface area contributed by atoms with Crippen molar-refractivity contribution in [2.24, 2.45) is 4.99 Å². The molecule has 0 amide bonds. The Bertz CT molecular complexity index is 559. The maximum atomic E-state index is 12.1. The molecule has 3 atom stereocenters. The van der Waals surface area contributed by atoms with Gasteiger partial charge in [-0.2, -0.15) is 0 Å². The lowest BCUT2D eigenvalue weighted by Crippen LogP contribution is -2.47. The quantitative estimate of drug-likeness (QED) is 0.572. The molecule has 136 valence electrons. The van der Waals surface area contributed by atoms with E-state index in [1.165, 1.54) is 5.01 Å². The van der Waals surface area contributed by atoms with Gasteiger partial charge in [-0.15, -0.1) is 11.3 Å². The second-order valence-electron chi connectivity index (χ2n) is 6.13. The van der Waals surface area contributed by atoms with Gasteiger partial charge in [-0.3, -0.25) is 9.20 Å². The first-order valence-electron chi connectivity index (χ1n) is 8.93. The van der Waals surface area contributed by atoms with Crippen molar-refractivity contribution in [3.8, 4) is 0 Å². The third kappa shape index (κ3) is 5.84. The molecule has 1 fully saturated rings. The highest BCUT2D eigenvalue weighted by Gasteiger charge is 2.25. The lowest BCUT2D eigenvalue weighted by Gasteiger charge is -2.30. The van der Waals surface area contributed by atoms with Gasteiger partial charge in [-0.1, -0.05) is 20.3 Å². The van der Waals surface area contributed by atoms with Gasteiger partial charge in [0.1, 0.15) is 0 Å². The zero-order chi connectivity index (χ0) is 17.4. The van der Waals surface area contributed by atoms with Crippen molar-refractivity contribution in [2.45, 2.75) is 63.7 Å². The van der Waals surface area contributed by atoms with Crippen LogP contribution in [-0.4, -0.2) is 45.8 Å². The molecule has 2 N–H and O–H groups in total. The summed E-state index contributed by atoms with van der Waals surface area (Å²) in [4.78, 5) is 8.92. The number of nitrogens with zero attached hydrogens (tertiary/aromatic N) is 2. The van der Waals surface area contributed by atoms with Crippen LogP contribution >= 0.6 is 11.3 Å². The minimum absolute atomic E-state index is 0.335. The lowest BCUT2D eigenvalue weighted by molar-refractivity contribution is 0.413. The molecular weight excluding hydrogens is 340 g/mol. The number of aromatic nitrogens is 1.